The van der Waals surface area contributed by atoms with E-state index in [0.717, 1.165) is 25.7 Å². The minimum atomic E-state index is -3.32. The molecular weight excluding hydrogens is 228 g/mol. The quantitative estimate of drug-likeness (QED) is 0.731. The highest BCUT2D eigenvalue weighted by Gasteiger charge is 2.37. The molecule has 0 aromatic rings. The van der Waals surface area contributed by atoms with Gasteiger partial charge in [-0.3, -0.25) is 0 Å². The normalized spacial score (nSPS) is 29.5. The van der Waals surface area contributed by atoms with Crippen LogP contribution in [0.2, 0.25) is 0 Å². The smallest absolute Gasteiger partial charge is 0.279 e. The molecule has 2 atom stereocenters. The average molecular weight is 248 g/mol. The van der Waals surface area contributed by atoms with Crippen molar-refractivity contribution in [2.75, 3.05) is 6.54 Å². The maximum atomic E-state index is 12.0. The Labute approximate surface area is 97.0 Å². The average Bonchev–Trinajstić information content (AvgIpc) is 2.80. The van der Waals surface area contributed by atoms with Gasteiger partial charge < -0.3 is 5.11 Å². The predicted molar refractivity (Wildman–Crippen MR) is 61.1 cm³/mol. The zero-order valence-corrected chi connectivity index (χ0v) is 10.4. The summed E-state index contributed by atoms with van der Waals surface area (Å²) in [6.45, 7) is 2.29. The summed E-state index contributed by atoms with van der Waals surface area (Å²) >= 11 is 0. The van der Waals surface area contributed by atoms with Crippen molar-refractivity contribution in [1.82, 2.24) is 9.03 Å². The number of aliphatic hydroxyl groups excluding tert-OH is 1. The molecule has 2 unspecified atom stereocenters. The Bertz CT molecular complexity index is 338. The van der Waals surface area contributed by atoms with Crippen LogP contribution < -0.4 is 4.72 Å². The van der Waals surface area contributed by atoms with Crippen LogP contribution in [-0.2, 0) is 10.2 Å². The first-order valence-corrected chi connectivity index (χ1v) is 7.40. The lowest BCUT2D eigenvalue weighted by Gasteiger charge is -2.25. The topological polar surface area (TPSA) is 69.6 Å². The van der Waals surface area contributed by atoms with Gasteiger partial charge in [-0.15, -0.1) is 0 Å². The summed E-state index contributed by atoms with van der Waals surface area (Å²) in [5.41, 5.74) is 0. The van der Waals surface area contributed by atoms with Crippen LogP contribution in [0.4, 0.5) is 0 Å². The minimum Gasteiger partial charge on any atom is -0.393 e. The SMILES string of the molecule is CC(O)CC1CCCN1S(=O)(=O)NC1CC1. The lowest BCUT2D eigenvalue weighted by Crippen LogP contribution is -2.45. The molecular formula is C10H20N2O3S. The zero-order valence-electron chi connectivity index (χ0n) is 9.59. The molecule has 0 aromatic carbocycles. The van der Waals surface area contributed by atoms with Gasteiger partial charge in [0, 0.05) is 18.6 Å². The Hall–Kier alpha value is -0.170. The van der Waals surface area contributed by atoms with Crippen LogP contribution in [0.5, 0.6) is 0 Å². The largest absolute Gasteiger partial charge is 0.393 e. The molecule has 0 amide bonds. The van der Waals surface area contributed by atoms with E-state index in [0.29, 0.717) is 13.0 Å². The first-order chi connectivity index (χ1) is 7.49. The molecule has 1 aliphatic heterocycles. The molecule has 94 valence electrons. The lowest BCUT2D eigenvalue weighted by atomic mass is 10.1. The number of hydrogen-bond acceptors (Lipinski definition) is 3. The maximum Gasteiger partial charge on any atom is 0.279 e. The molecule has 1 saturated carbocycles. The number of aliphatic hydroxyl groups is 1. The van der Waals surface area contributed by atoms with E-state index in [1.807, 2.05) is 0 Å². The second-order valence-corrected chi connectivity index (χ2v) is 6.54. The fourth-order valence-corrected chi connectivity index (χ4v) is 3.98. The van der Waals surface area contributed by atoms with Crippen molar-refractivity contribution < 1.29 is 13.5 Å². The molecule has 6 heteroatoms. The van der Waals surface area contributed by atoms with Gasteiger partial charge in [0.25, 0.3) is 10.2 Å². The molecule has 0 radical (unpaired) electrons. The van der Waals surface area contributed by atoms with Gasteiger partial charge in [-0.25, -0.2) is 0 Å². The van der Waals surface area contributed by atoms with E-state index in [9.17, 15) is 13.5 Å². The van der Waals surface area contributed by atoms with Crippen LogP contribution in [0, 0.1) is 0 Å². The third-order valence-electron chi connectivity index (χ3n) is 3.14. The molecule has 2 rings (SSSR count). The summed E-state index contributed by atoms with van der Waals surface area (Å²) in [5.74, 6) is 0. The number of nitrogens with zero attached hydrogens (tertiary/aromatic N) is 1. The first kappa shape index (κ1) is 12.3. The van der Waals surface area contributed by atoms with E-state index >= 15 is 0 Å². The molecule has 16 heavy (non-hydrogen) atoms. The van der Waals surface area contributed by atoms with E-state index in [2.05, 4.69) is 4.72 Å². The van der Waals surface area contributed by atoms with Crippen LogP contribution >= 0.6 is 0 Å². The molecule has 5 nitrogen and oxygen atoms in total. The molecule has 1 aliphatic carbocycles. The predicted octanol–water partition coefficient (Wildman–Crippen LogP) is 0.218. The van der Waals surface area contributed by atoms with Crippen molar-refractivity contribution >= 4 is 10.2 Å². The lowest BCUT2D eigenvalue weighted by molar-refractivity contribution is 0.157. The monoisotopic (exact) mass is 248 g/mol. The Morgan fingerprint density at radius 2 is 2.12 bits per heavy atom. The van der Waals surface area contributed by atoms with Gasteiger partial charge in [0.2, 0.25) is 0 Å². The number of nitrogens with one attached hydrogen (secondary N) is 1. The summed E-state index contributed by atoms with van der Waals surface area (Å²) < 4.78 is 28.2. The fraction of sp³-hybridized carbons (Fsp3) is 1.00. The van der Waals surface area contributed by atoms with Gasteiger partial charge in [0.05, 0.1) is 6.10 Å². The van der Waals surface area contributed by atoms with Crippen molar-refractivity contribution in [3.05, 3.63) is 0 Å². The second-order valence-electron chi connectivity index (χ2n) is 4.89. The Balaban J connectivity index is 2.00. The molecule has 1 saturated heterocycles. The van der Waals surface area contributed by atoms with E-state index < -0.39 is 16.3 Å². The Morgan fingerprint density at radius 1 is 1.44 bits per heavy atom. The second kappa shape index (κ2) is 4.60. The Morgan fingerprint density at radius 3 is 2.69 bits per heavy atom. The summed E-state index contributed by atoms with van der Waals surface area (Å²) in [7, 11) is -3.32. The van der Waals surface area contributed by atoms with E-state index in [1.54, 1.807) is 6.92 Å². The van der Waals surface area contributed by atoms with Crippen molar-refractivity contribution in [2.24, 2.45) is 0 Å². The van der Waals surface area contributed by atoms with Crippen molar-refractivity contribution in [3.8, 4) is 0 Å². The minimum absolute atomic E-state index is 0.0313. The van der Waals surface area contributed by atoms with Gasteiger partial charge in [0.1, 0.15) is 0 Å². The van der Waals surface area contributed by atoms with Gasteiger partial charge in [-0.1, -0.05) is 0 Å². The molecule has 0 bridgehead atoms. The summed E-state index contributed by atoms with van der Waals surface area (Å²) in [6.07, 6.45) is 3.74. The van der Waals surface area contributed by atoms with Crippen LogP contribution in [-0.4, -0.2) is 42.6 Å². The van der Waals surface area contributed by atoms with Crippen LogP contribution in [0.15, 0.2) is 0 Å². The Kier molecular flexibility index (Phi) is 3.53. The number of rotatable bonds is 5. The van der Waals surface area contributed by atoms with Crippen molar-refractivity contribution in [3.63, 3.8) is 0 Å². The maximum absolute atomic E-state index is 12.0. The molecule has 2 fully saturated rings. The van der Waals surface area contributed by atoms with Gasteiger partial charge in [-0.05, 0) is 39.0 Å². The van der Waals surface area contributed by atoms with Crippen molar-refractivity contribution in [2.45, 2.75) is 57.2 Å². The molecule has 0 aromatic heterocycles. The third-order valence-corrected chi connectivity index (χ3v) is 4.87. The highest BCUT2D eigenvalue weighted by atomic mass is 32.2. The molecule has 2 N–H and O–H groups in total. The highest BCUT2D eigenvalue weighted by molar-refractivity contribution is 7.87. The number of hydrogen-bond donors (Lipinski definition) is 2. The zero-order chi connectivity index (χ0) is 11.8. The highest BCUT2D eigenvalue weighted by Crippen LogP contribution is 2.26. The van der Waals surface area contributed by atoms with Crippen LogP contribution in [0.1, 0.15) is 39.0 Å². The molecule has 1 heterocycles. The molecule has 2 aliphatic rings. The molecule has 0 spiro atoms. The van der Waals surface area contributed by atoms with E-state index in [-0.39, 0.29) is 12.1 Å². The van der Waals surface area contributed by atoms with Gasteiger partial charge >= 0.3 is 0 Å². The summed E-state index contributed by atoms with van der Waals surface area (Å²) in [4.78, 5) is 0. The van der Waals surface area contributed by atoms with Crippen molar-refractivity contribution in [1.29, 1.82) is 0 Å². The van der Waals surface area contributed by atoms with E-state index in [4.69, 9.17) is 0 Å². The van der Waals surface area contributed by atoms with Gasteiger partial charge in [0.15, 0.2) is 0 Å². The summed E-state index contributed by atoms with van der Waals surface area (Å²) in [5, 5.41) is 9.35. The first-order valence-electron chi connectivity index (χ1n) is 5.96. The standard InChI is InChI=1S/C10H20N2O3S/c1-8(13)7-10-3-2-6-12(10)16(14,15)11-9-4-5-9/h8-11,13H,2-7H2,1H3. The van der Waals surface area contributed by atoms with Crippen LogP contribution in [0.25, 0.3) is 0 Å². The van der Waals surface area contributed by atoms with E-state index in [1.165, 1.54) is 4.31 Å². The van der Waals surface area contributed by atoms with Gasteiger partial charge in [-0.2, -0.15) is 17.4 Å². The fourth-order valence-electron chi connectivity index (χ4n) is 2.23. The third kappa shape index (κ3) is 2.94. The summed E-state index contributed by atoms with van der Waals surface area (Å²) in [6, 6.07) is 0.119. The van der Waals surface area contributed by atoms with Crippen LogP contribution in [0.3, 0.4) is 0 Å².